The molecule has 25 heavy (non-hydrogen) atoms. The Balaban J connectivity index is 3.22. The van der Waals surface area contributed by atoms with Crippen LogP contribution < -0.4 is 5.73 Å². The highest BCUT2D eigenvalue weighted by atomic mass is 16.6. The molecule has 0 heterocycles. The van der Waals surface area contributed by atoms with Crippen LogP contribution in [0.4, 0.5) is 4.79 Å². The molecule has 0 saturated heterocycles. The number of hydrogen-bond donors (Lipinski definition) is 1. The Morgan fingerprint density at radius 3 is 2.04 bits per heavy atom. The van der Waals surface area contributed by atoms with Crippen LogP contribution in [-0.4, -0.2) is 36.4 Å². The zero-order valence-electron chi connectivity index (χ0n) is 15.4. The van der Waals surface area contributed by atoms with Crippen molar-refractivity contribution in [1.29, 1.82) is 0 Å². The van der Waals surface area contributed by atoms with E-state index in [0.29, 0.717) is 5.56 Å². The Bertz CT molecular complexity index is 706. The molecule has 7 nitrogen and oxygen atoms in total. The van der Waals surface area contributed by atoms with Crippen molar-refractivity contribution in [2.45, 2.75) is 46.6 Å². The second-order valence-corrected chi connectivity index (χ2v) is 6.66. The molecule has 0 fully saturated rings. The highest BCUT2D eigenvalue weighted by molar-refractivity contribution is 6.38. The Hall–Kier alpha value is -2.70. The number of benzene rings is 1. The third kappa shape index (κ3) is 6.02. The first-order chi connectivity index (χ1) is 11.4. The second kappa shape index (κ2) is 7.92. The van der Waals surface area contributed by atoms with Gasteiger partial charge in [0.15, 0.2) is 0 Å². The monoisotopic (exact) mass is 348 g/mol. The molecule has 1 aromatic carbocycles. The quantitative estimate of drug-likeness (QED) is 0.664. The first-order valence-corrected chi connectivity index (χ1v) is 7.73. The smallest absolute Gasteiger partial charge is 0.434 e. The zero-order valence-corrected chi connectivity index (χ0v) is 15.4. The van der Waals surface area contributed by atoms with E-state index in [1.165, 1.54) is 7.11 Å². The number of aliphatic imine (C=N–C) groups is 1. The topological polar surface area (TPSA) is 108 Å². The summed E-state index contributed by atoms with van der Waals surface area (Å²) in [5, 5.41) is 0. The molecule has 0 aliphatic heterocycles. The van der Waals surface area contributed by atoms with Gasteiger partial charge < -0.3 is 15.2 Å². The van der Waals surface area contributed by atoms with Crippen molar-refractivity contribution in [3.05, 3.63) is 34.4 Å². The van der Waals surface area contributed by atoms with E-state index in [0.717, 1.165) is 16.7 Å². The molecule has 0 aromatic heterocycles. The van der Waals surface area contributed by atoms with Crippen molar-refractivity contribution in [3.8, 4) is 0 Å². The molecule has 0 unspecified atom stereocenters. The van der Waals surface area contributed by atoms with Crippen LogP contribution in [0, 0.1) is 13.8 Å². The van der Waals surface area contributed by atoms with Gasteiger partial charge in [-0.15, -0.1) is 0 Å². The SMILES string of the molecule is COC(=O)C(Cc1c(C)cc(C(N)=O)cc1C)=NC(=O)OC(C)(C)C. The molecule has 2 amide bonds. The summed E-state index contributed by atoms with van der Waals surface area (Å²) in [6, 6.07) is 3.26. The van der Waals surface area contributed by atoms with Gasteiger partial charge in [-0.2, -0.15) is 4.99 Å². The fourth-order valence-electron chi connectivity index (χ4n) is 2.25. The highest BCUT2D eigenvalue weighted by Crippen LogP contribution is 2.18. The normalized spacial score (nSPS) is 11.8. The van der Waals surface area contributed by atoms with Crippen LogP contribution in [0.1, 0.15) is 47.8 Å². The van der Waals surface area contributed by atoms with Crippen molar-refractivity contribution in [1.82, 2.24) is 0 Å². The number of carbonyl (C=O) groups is 3. The number of carbonyl (C=O) groups excluding carboxylic acids is 3. The molecule has 1 aromatic rings. The summed E-state index contributed by atoms with van der Waals surface area (Å²) in [5.74, 6) is -1.25. The maximum absolute atomic E-state index is 12.0. The van der Waals surface area contributed by atoms with Gasteiger partial charge in [0.25, 0.3) is 0 Å². The van der Waals surface area contributed by atoms with E-state index >= 15 is 0 Å². The summed E-state index contributed by atoms with van der Waals surface area (Å²) in [4.78, 5) is 39.0. The number of primary amides is 1. The van der Waals surface area contributed by atoms with Gasteiger partial charge in [0.2, 0.25) is 5.91 Å². The molecular weight excluding hydrogens is 324 g/mol. The number of esters is 1. The van der Waals surface area contributed by atoms with E-state index in [9.17, 15) is 14.4 Å². The van der Waals surface area contributed by atoms with Crippen LogP contribution in [0.15, 0.2) is 17.1 Å². The van der Waals surface area contributed by atoms with Crippen molar-refractivity contribution < 1.29 is 23.9 Å². The van der Waals surface area contributed by atoms with Crippen molar-refractivity contribution >= 4 is 23.7 Å². The van der Waals surface area contributed by atoms with Gasteiger partial charge in [-0.1, -0.05) is 0 Å². The Morgan fingerprint density at radius 2 is 1.64 bits per heavy atom. The van der Waals surface area contributed by atoms with Gasteiger partial charge in [-0.3, -0.25) is 4.79 Å². The molecule has 1 rings (SSSR count). The third-order valence-corrected chi connectivity index (χ3v) is 3.37. The molecule has 0 radical (unpaired) electrons. The number of nitrogens with zero attached hydrogens (tertiary/aromatic N) is 1. The van der Waals surface area contributed by atoms with Gasteiger partial charge in [0.05, 0.1) is 7.11 Å². The molecule has 0 spiro atoms. The van der Waals surface area contributed by atoms with Gasteiger partial charge in [-0.05, 0) is 63.4 Å². The molecule has 0 aliphatic carbocycles. The minimum absolute atomic E-state index is 0.0720. The summed E-state index contributed by atoms with van der Waals surface area (Å²) in [6.45, 7) is 8.69. The number of ether oxygens (including phenoxy) is 2. The van der Waals surface area contributed by atoms with E-state index in [1.807, 2.05) is 0 Å². The predicted octanol–water partition coefficient (Wildman–Crippen LogP) is 2.49. The van der Waals surface area contributed by atoms with Gasteiger partial charge >= 0.3 is 12.1 Å². The summed E-state index contributed by atoms with van der Waals surface area (Å²) < 4.78 is 9.82. The predicted molar refractivity (Wildman–Crippen MR) is 93.8 cm³/mol. The van der Waals surface area contributed by atoms with E-state index < -0.39 is 23.6 Å². The molecular formula is C18H24N2O5. The standard InChI is InChI=1S/C18H24N2O5/c1-10-7-12(15(19)21)8-11(2)13(10)9-14(16(22)24-6)20-17(23)25-18(3,4)5/h7-8H,9H2,1-6H3,(H2,19,21). The number of methoxy groups -OCH3 is 1. The first kappa shape index (κ1) is 20.3. The highest BCUT2D eigenvalue weighted by Gasteiger charge is 2.21. The lowest BCUT2D eigenvalue weighted by molar-refractivity contribution is -0.132. The van der Waals surface area contributed by atoms with Crippen LogP contribution in [0.5, 0.6) is 0 Å². The molecule has 0 aliphatic rings. The van der Waals surface area contributed by atoms with Crippen LogP contribution in [0.3, 0.4) is 0 Å². The Morgan fingerprint density at radius 1 is 1.12 bits per heavy atom. The van der Waals surface area contributed by atoms with Crippen LogP contribution in [0.25, 0.3) is 0 Å². The summed E-state index contributed by atoms with van der Waals surface area (Å²) in [7, 11) is 1.21. The number of aryl methyl sites for hydroxylation is 2. The lowest BCUT2D eigenvalue weighted by Crippen LogP contribution is -2.26. The average Bonchev–Trinajstić information content (AvgIpc) is 2.46. The lowest BCUT2D eigenvalue weighted by Gasteiger charge is -2.18. The largest absolute Gasteiger partial charge is 0.465 e. The Kier molecular flexibility index (Phi) is 6.44. The number of rotatable bonds is 4. The lowest BCUT2D eigenvalue weighted by atomic mass is 9.95. The van der Waals surface area contributed by atoms with Crippen LogP contribution >= 0.6 is 0 Å². The Labute approximate surface area is 147 Å². The van der Waals surface area contributed by atoms with E-state index in [-0.39, 0.29) is 12.1 Å². The maximum atomic E-state index is 12.0. The fraction of sp³-hybridized carbons (Fsp3) is 0.444. The molecule has 0 saturated carbocycles. The minimum Gasteiger partial charge on any atom is -0.465 e. The molecule has 2 N–H and O–H groups in total. The van der Waals surface area contributed by atoms with Crippen molar-refractivity contribution in [3.63, 3.8) is 0 Å². The van der Waals surface area contributed by atoms with Crippen LogP contribution in [0.2, 0.25) is 0 Å². The first-order valence-electron chi connectivity index (χ1n) is 7.73. The zero-order chi connectivity index (χ0) is 19.4. The van der Waals surface area contributed by atoms with E-state index in [2.05, 4.69) is 4.99 Å². The average molecular weight is 348 g/mol. The summed E-state index contributed by atoms with van der Waals surface area (Å²) in [5.41, 5.74) is 7.16. The van der Waals surface area contributed by atoms with Crippen molar-refractivity contribution in [2.24, 2.45) is 10.7 Å². The number of nitrogens with two attached hydrogens (primary N) is 1. The molecule has 0 atom stereocenters. The second-order valence-electron chi connectivity index (χ2n) is 6.66. The minimum atomic E-state index is -0.864. The summed E-state index contributed by atoms with van der Waals surface area (Å²) in [6.07, 6.45) is -0.792. The van der Waals surface area contributed by atoms with Crippen molar-refractivity contribution in [2.75, 3.05) is 7.11 Å². The number of amides is 2. The maximum Gasteiger partial charge on any atom is 0.434 e. The fourth-order valence-corrected chi connectivity index (χ4v) is 2.25. The van der Waals surface area contributed by atoms with E-state index in [1.54, 1.807) is 46.8 Å². The van der Waals surface area contributed by atoms with Gasteiger partial charge in [-0.25, -0.2) is 9.59 Å². The molecule has 136 valence electrons. The number of hydrogen-bond acceptors (Lipinski definition) is 5. The molecule has 7 heteroatoms. The van der Waals surface area contributed by atoms with Gasteiger partial charge in [0.1, 0.15) is 11.3 Å². The molecule has 0 bridgehead atoms. The van der Waals surface area contributed by atoms with Gasteiger partial charge in [0, 0.05) is 12.0 Å². The van der Waals surface area contributed by atoms with Crippen LogP contribution in [-0.2, 0) is 20.7 Å². The van der Waals surface area contributed by atoms with E-state index in [4.69, 9.17) is 15.2 Å². The third-order valence-electron chi connectivity index (χ3n) is 3.37. The summed E-state index contributed by atoms with van der Waals surface area (Å²) >= 11 is 0.